The summed E-state index contributed by atoms with van der Waals surface area (Å²) in [6.45, 7) is 5.64. The van der Waals surface area contributed by atoms with E-state index in [0.717, 1.165) is 19.3 Å². The molecule has 1 aliphatic carbocycles. The summed E-state index contributed by atoms with van der Waals surface area (Å²) in [4.78, 5) is 12.0. The molecular formula is C15H22BNO2. The summed E-state index contributed by atoms with van der Waals surface area (Å²) in [5.74, 6) is 0. The average molecular weight is 259 g/mol. The maximum atomic E-state index is 12.0. The first kappa shape index (κ1) is 14.0. The molecule has 1 amide bonds. The van der Waals surface area contributed by atoms with Crippen LogP contribution in [0, 0.1) is 0 Å². The molecule has 0 radical (unpaired) electrons. The van der Waals surface area contributed by atoms with Crippen molar-refractivity contribution in [2.45, 2.75) is 51.2 Å². The fraction of sp³-hybridized carbons (Fsp3) is 0.533. The van der Waals surface area contributed by atoms with Crippen LogP contribution in [0.15, 0.2) is 24.3 Å². The highest BCUT2D eigenvalue weighted by Crippen LogP contribution is 2.41. The topological polar surface area (TPSA) is 38.3 Å². The van der Waals surface area contributed by atoms with Crippen LogP contribution < -0.4 is 10.8 Å². The molecule has 1 fully saturated rings. The van der Waals surface area contributed by atoms with Gasteiger partial charge in [0, 0.05) is 0 Å². The van der Waals surface area contributed by atoms with Crippen LogP contribution in [-0.2, 0) is 10.3 Å². The highest BCUT2D eigenvalue weighted by molar-refractivity contribution is 6.32. The lowest BCUT2D eigenvalue weighted by Crippen LogP contribution is -2.52. The van der Waals surface area contributed by atoms with Crippen LogP contribution in [0.25, 0.3) is 0 Å². The lowest BCUT2D eigenvalue weighted by molar-refractivity contribution is 0.0377. The van der Waals surface area contributed by atoms with E-state index in [9.17, 15) is 4.79 Å². The van der Waals surface area contributed by atoms with E-state index in [0.29, 0.717) is 0 Å². The normalized spacial score (nSPS) is 17.4. The Morgan fingerprint density at radius 3 is 2.26 bits per heavy atom. The lowest BCUT2D eigenvalue weighted by atomic mass is 9.71. The van der Waals surface area contributed by atoms with Gasteiger partial charge in [-0.25, -0.2) is 4.79 Å². The summed E-state index contributed by atoms with van der Waals surface area (Å²) < 4.78 is 5.36. The fourth-order valence-corrected chi connectivity index (χ4v) is 2.39. The van der Waals surface area contributed by atoms with E-state index in [1.54, 1.807) is 0 Å². The van der Waals surface area contributed by atoms with Crippen LogP contribution in [0.1, 0.15) is 45.6 Å². The standard InChI is InChI=1S/C15H22BNO2/c1-14(2,3)19-13(18)17-15(9-4-10-15)11-5-7-12(16)8-6-11/h5-8H,4,9-10,16H2,1-3H3,(H,17,18). The Bertz CT molecular complexity index is 458. The molecule has 0 unspecified atom stereocenters. The van der Waals surface area contributed by atoms with E-state index in [2.05, 4.69) is 37.4 Å². The van der Waals surface area contributed by atoms with Crippen molar-refractivity contribution in [3.63, 3.8) is 0 Å². The smallest absolute Gasteiger partial charge is 0.408 e. The second-order valence-corrected chi connectivity index (χ2v) is 6.43. The second kappa shape index (κ2) is 4.91. The molecular weight excluding hydrogens is 237 g/mol. The molecule has 102 valence electrons. The Labute approximate surface area is 116 Å². The van der Waals surface area contributed by atoms with Crippen molar-refractivity contribution in [3.05, 3.63) is 29.8 Å². The minimum atomic E-state index is -0.456. The van der Waals surface area contributed by atoms with Crippen LogP contribution in [0.3, 0.4) is 0 Å². The number of rotatable bonds is 2. The Balaban J connectivity index is 2.11. The van der Waals surface area contributed by atoms with E-state index in [-0.39, 0.29) is 11.6 Å². The van der Waals surface area contributed by atoms with Crippen molar-refractivity contribution < 1.29 is 9.53 Å². The number of ether oxygens (including phenoxy) is 1. The highest BCUT2D eigenvalue weighted by Gasteiger charge is 2.40. The summed E-state index contributed by atoms with van der Waals surface area (Å²) in [5.41, 5.74) is 1.73. The van der Waals surface area contributed by atoms with Crippen LogP contribution in [0.2, 0.25) is 0 Å². The Kier molecular flexibility index (Phi) is 3.61. The molecule has 0 aliphatic heterocycles. The first-order chi connectivity index (χ1) is 8.81. The van der Waals surface area contributed by atoms with Crippen molar-refractivity contribution in [1.29, 1.82) is 0 Å². The number of carbonyl (C=O) groups excluding carboxylic acids is 1. The summed E-state index contributed by atoms with van der Waals surface area (Å²) in [6, 6.07) is 8.38. The molecule has 1 aromatic carbocycles. The third-order valence-electron chi connectivity index (χ3n) is 3.55. The van der Waals surface area contributed by atoms with Crippen molar-refractivity contribution in [3.8, 4) is 0 Å². The quantitative estimate of drug-likeness (QED) is 0.823. The number of amides is 1. The molecule has 1 aromatic rings. The van der Waals surface area contributed by atoms with Gasteiger partial charge in [0.15, 0.2) is 0 Å². The zero-order chi connectivity index (χ0) is 14.1. The van der Waals surface area contributed by atoms with Gasteiger partial charge in [-0.1, -0.05) is 29.7 Å². The molecule has 19 heavy (non-hydrogen) atoms. The fourth-order valence-electron chi connectivity index (χ4n) is 2.39. The number of benzene rings is 1. The van der Waals surface area contributed by atoms with E-state index < -0.39 is 5.60 Å². The van der Waals surface area contributed by atoms with E-state index >= 15 is 0 Å². The van der Waals surface area contributed by atoms with Gasteiger partial charge in [-0.15, -0.1) is 0 Å². The molecule has 0 saturated heterocycles. The average Bonchev–Trinajstić information content (AvgIpc) is 2.22. The molecule has 0 spiro atoms. The molecule has 1 saturated carbocycles. The molecule has 0 bridgehead atoms. The number of alkyl carbamates (subject to hydrolysis) is 1. The number of hydrogen-bond acceptors (Lipinski definition) is 2. The predicted octanol–water partition coefficient (Wildman–Crippen LogP) is 1.85. The second-order valence-electron chi connectivity index (χ2n) is 6.43. The van der Waals surface area contributed by atoms with Crippen LogP contribution in [0.4, 0.5) is 4.79 Å². The third-order valence-corrected chi connectivity index (χ3v) is 3.55. The van der Waals surface area contributed by atoms with Gasteiger partial charge in [0.1, 0.15) is 13.4 Å². The van der Waals surface area contributed by atoms with Gasteiger partial charge in [-0.3, -0.25) is 0 Å². The Morgan fingerprint density at radius 2 is 1.84 bits per heavy atom. The third kappa shape index (κ3) is 3.31. The largest absolute Gasteiger partial charge is 0.444 e. The minimum absolute atomic E-state index is 0.226. The van der Waals surface area contributed by atoms with Crippen LogP contribution in [-0.4, -0.2) is 19.5 Å². The Morgan fingerprint density at radius 1 is 1.26 bits per heavy atom. The summed E-state index contributed by atoms with van der Waals surface area (Å²) in [7, 11) is 2.07. The zero-order valence-electron chi connectivity index (χ0n) is 12.2. The lowest BCUT2D eigenvalue weighted by Gasteiger charge is -2.43. The van der Waals surface area contributed by atoms with Gasteiger partial charge in [0.05, 0.1) is 5.54 Å². The summed E-state index contributed by atoms with van der Waals surface area (Å²) in [6.07, 6.45) is 2.78. The molecule has 4 heteroatoms. The Hall–Kier alpha value is -1.45. The minimum Gasteiger partial charge on any atom is -0.444 e. The molecule has 2 rings (SSSR count). The highest BCUT2D eigenvalue weighted by atomic mass is 16.6. The molecule has 0 heterocycles. The van der Waals surface area contributed by atoms with Gasteiger partial charge in [-0.2, -0.15) is 0 Å². The number of nitrogens with one attached hydrogen (secondary N) is 1. The molecule has 1 N–H and O–H groups in total. The monoisotopic (exact) mass is 259 g/mol. The molecule has 1 aliphatic rings. The van der Waals surface area contributed by atoms with Gasteiger partial charge in [-0.05, 0) is 45.6 Å². The van der Waals surface area contributed by atoms with Crippen molar-refractivity contribution in [1.82, 2.24) is 5.32 Å². The van der Waals surface area contributed by atoms with E-state index in [1.807, 2.05) is 20.8 Å². The van der Waals surface area contributed by atoms with Crippen molar-refractivity contribution in [2.75, 3.05) is 0 Å². The van der Waals surface area contributed by atoms with E-state index in [1.165, 1.54) is 11.0 Å². The number of carbonyl (C=O) groups is 1. The van der Waals surface area contributed by atoms with Gasteiger partial charge >= 0.3 is 6.09 Å². The van der Waals surface area contributed by atoms with Crippen LogP contribution >= 0.6 is 0 Å². The van der Waals surface area contributed by atoms with Crippen LogP contribution in [0.5, 0.6) is 0 Å². The van der Waals surface area contributed by atoms with Crippen molar-refractivity contribution in [2.24, 2.45) is 0 Å². The maximum Gasteiger partial charge on any atom is 0.408 e. The first-order valence-corrected chi connectivity index (χ1v) is 6.89. The number of hydrogen-bond donors (Lipinski definition) is 1. The van der Waals surface area contributed by atoms with Gasteiger partial charge in [0.25, 0.3) is 0 Å². The summed E-state index contributed by atoms with van der Waals surface area (Å²) in [5, 5.41) is 3.06. The van der Waals surface area contributed by atoms with E-state index in [4.69, 9.17) is 4.74 Å². The molecule has 3 nitrogen and oxygen atoms in total. The van der Waals surface area contributed by atoms with Gasteiger partial charge < -0.3 is 10.1 Å². The van der Waals surface area contributed by atoms with Crippen molar-refractivity contribution >= 4 is 19.4 Å². The maximum absolute atomic E-state index is 12.0. The predicted molar refractivity (Wildman–Crippen MR) is 79.5 cm³/mol. The van der Waals surface area contributed by atoms with Gasteiger partial charge in [0.2, 0.25) is 0 Å². The summed E-state index contributed by atoms with van der Waals surface area (Å²) >= 11 is 0. The first-order valence-electron chi connectivity index (χ1n) is 6.89. The SMILES string of the molecule is Bc1ccc(C2(NC(=O)OC(C)(C)C)CCC2)cc1. The molecule has 0 atom stereocenters. The molecule has 0 aromatic heterocycles. The zero-order valence-corrected chi connectivity index (χ0v) is 12.2.